The lowest BCUT2D eigenvalue weighted by atomic mass is 9.88. The molecule has 2 bridgehead atoms. The van der Waals surface area contributed by atoms with E-state index in [4.69, 9.17) is 4.74 Å². The second kappa shape index (κ2) is 12.8. The zero-order chi connectivity index (χ0) is 33.0. The van der Waals surface area contributed by atoms with E-state index in [0.29, 0.717) is 51.5 Å². The van der Waals surface area contributed by atoms with E-state index in [2.05, 4.69) is 78.6 Å². The van der Waals surface area contributed by atoms with Crippen molar-refractivity contribution in [3.8, 4) is 11.3 Å². The fourth-order valence-electron chi connectivity index (χ4n) is 8.40. The molecule has 1 unspecified atom stereocenters. The van der Waals surface area contributed by atoms with Crippen LogP contribution in [0.15, 0.2) is 24.3 Å². The number of nitrogens with zero attached hydrogens (tertiary/aromatic N) is 4. The average molecular weight is 660 g/mol. The summed E-state index contributed by atoms with van der Waals surface area (Å²) in [6, 6.07) is 9.47. The topological polar surface area (TPSA) is 89.2 Å². The molecule has 4 aliphatic rings. The summed E-state index contributed by atoms with van der Waals surface area (Å²) in [7, 11) is 0. The largest absolute Gasteiger partial charge is 0.378 e. The van der Waals surface area contributed by atoms with Gasteiger partial charge >= 0.3 is 0 Å². The third-order valence-electron chi connectivity index (χ3n) is 11.0. The van der Waals surface area contributed by atoms with Crippen LogP contribution in [0.25, 0.3) is 21.5 Å². The van der Waals surface area contributed by atoms with Gasteiger partial charge in [-0.3, -0.25) is 24.2 Å². The van der Waals surface area contributed by atoms with Crippen molar-refractivity contribution in [2.75, 3.05) is 59.0 Å². The maximum absolute atomic E-state index is 14.4. The number of ether oxygens (including phenoxy) is 1. The van der Waals surface area contributed by atoms with Crippen molar-refractivity contribution in [2.24, 2.45) is 0 Å². The van der Waals surface area contributed by atoms with E-state index >= 15 is 0 Å². The number of morpholine rings is 1. The predicted octanol–water partition coefficient (Wildman–Crippen LogP) is 4.99. The molecule has 2 amide bonds. The third-order valence-corrected chi connectivity index (χ3v) is 12.4. The summed E-state index contributed by atoms with van der Waals surface area (Å²) in [5, 5.41) is 0.914. The summed E-state index contributed by atoms with van der Waals surface area (Å²) >= 11 is 1.61. The molecule has 6 heterocycles. The number of thiophene rings is 1. The van der Waals surface area contributed by atoms with Gasteiger partial charge in [-0.1, -0.05) is 17.2 Å². The molecule has 3 aromatic rings. The van der Waals surface area contributed by atoms with Crippen molar-refractivity contribution >= 4 is 39.2 Å². The quantitative estimate of drug-likeness (QED) is 0.343. The van der Waals surface area contributed by atoms with E-state index in [9.17, 15) is 14.4 Å². The molecular weight excluding hydrogens is 611 g/mol. The van der Waals surface area contributed by atoms with Gasteiger partial charge in [0.1, 0.15) is 4.83 Å². The Labute approximate surface area is 282 Å². The first kappa shape index (κ1) is 32.5. The Morgan fingerprint density at radius 2 is 1.57 bits per heavy atom. The number of aryl methyl sites for hydroxylation is 2. The van der Waals surface area contributed by atoms with E-state index in [1.165, 1.54) is 0 Å². The second-order valence-corrected chi connectivity index (χ2v) is 15.9. The Morgan fingerprint density at radius 3 is 2.21 bits per heavy atom. The number of piperazine rings is 1. The van der Waals surface area contributed by atoms with Gasteiger partial charge in [0.05, 0.1) is 43.0 Å². The van der Waals surface area contributed by atoms with E-state index in [-0.39, 0.29) is 23.6 Å². The summed E-state index contributed by atoms with van der Waals surface area (Å²) in [6.45, 7) is 15.9. The van der Waals surface area contributed by atoms with Gasteiger partial charge in [-0.15, -0.1) is 11.3 Å². The summed E-state index contributed by atoms with van der Waals surface area (Å²) in [5.74, 6) is 0.457. The van der Waals surface area contributed by atoms with Crippen LogP contribution in [0.5, 0.6) is 0 Å². The van der Waals surface area contributed by atoms with Crippen LogP contribution in [0.4, 0.5) is 0 Å². The van der Waals surface area contributed by atoms with Gasteiger partial charge in [0.25, 0.3) is 0 Å². The highest BCUT2D eigenvalue weighted by atomic mass is 32.1. The first-order valence-corrected chi connectivity index (χ1v) is 18.2. The van der Waals surface area contributed by atoms with E-state index in [1.54, 1.807) is 11.3 Å². The number of Topliss-reactive ketones (excluding diaryl/α,β-unsaturated/α-hetero) is 1. The second-order valence-electron chi connectivity index (χ2n) is 14.9. The van der Waals surface area contributed by atoms with Crippen molar-refractivity contribution in [2.45, 2.75) is 83.8 Å². The van der Waals surface area contributed by atoms with Crippen LogP contribution >= 0.6 is 11.3 Å². The molecule has 4 aliphatic heterocycles. The van der Waals surface area contributed by atoms with Crippen LogP contribution < -0.4 is 0 Å². The number of benzene rings is 1. The van der Waals surface area contributed by atoms with Crippen molar-refractivity contribution in [1.82, 2.24) is 24.6 Å². The number of aromatic nitrogens is 1. The van der Waals surface area contributed by atoms with Crippen LogP contribution in [0, 0.1) is 13.8 Å². The van der Waals surface area contributed by atoms with Gasteiger partial charge < -0.3 is 19.5 Å². The number of fused-ring (bicyclic) bond motifs is 3. The molecule has 4 fully saturated rings. The van der Waals surface area contributed by atoms with Crippen molar-refractivity contribution in [3.05, 3.63) is 45.8 Å². The zero-order valence-corrected chi connectivity index (χ0v) is 29.4. The fourth-order valence-corrected chi connectivity index (χ4v) is 9.57. The molecular formula is C37H49N5O4S. The molecule has 7 rings (SSSR count). The van der Waals surface area contributed by atoms with Crippen LogP contribution in [0.1, 0.15) is 72.8 Å². The molecule has 0 radical (unpaired) electrons. The fraction of sp³-hybridized carbons (Fsp3) is 0.595. The molecule has 1 aromatic carbocycles. The average Bonchev–Trinajstić information content (AvgIpc) is 3.82. The molecule has 2 aromatic heterocycles. The first-order chi connectivity index (χ1) is 22.5. The summed E-state index contributed by atoms with van der Waals surface area (Å²) in [5.41, 5.74) is 4.23. The smallest absolute Gasteiger partial charge is 0.236 e. The Morgan fingerprint density at radius 1 is 0.915 bits per heavy atom. The maximum Gasteiger partial charge on any atom is 0.236 e. The zero-order valence-electron chi connectivity index (χ0n) is 28.6. The lowest BCUT2D eigenvalue weighted by Gasteiger charge is -2.40. The van der Waals surface area contributed by atoms with Gasteiger partial charge in [0.2, 0.25) is 11.8 Å². The number of amides is 2. The first-order valence-electron chi connectivity index (χ1n) is 17.4. The number of carbonyl (C=O) groups is 3. The minimum atomic E-state index is -0.666. The minimum Gasteiger partial charge on any atom is -0.378 e. The minimum absolute atomic E-state index is 0.0847. The van der Waals surface area contributed by atoms with Gasteiger partial charge in [-0.25, -0.2) is 0 Å². The number of ketones is 1. The van der Waals surface area contributed by atoms with Gasteiger partial charge in [0.15, 0.2) is 5.78 Å². The van der Waals surface area contributed by atoms with Gasteiger partial charge in [0, 0.05) is 61.1 Å². The number of aromatic amines is 1. The number of hydrogen-bond acceptors (Lipinski definition) is 7. The lowest BCUT2D eigenvalue weighted by Crippen LogP contribution is -2.56. The van der Waals surface area contributed by atoms with E-state index in [1.807, 2.05) is 4.90 Å². The molecule has 4 saturated heterocycles. The van der Waals surface area contributed by atoms with Crippen molar-refractivity contribution < 1.29 is 19.1 Å². The van der Waals surface area contributed by atoms with Gasteiger partial charge in [-0.2, -0.15) is 0 Å². The number of rotatable bonds is 8. The van der Waals surface area contributed by atoms with Crippen LogP contribution in [-0.4, -0.2) is 119 Å². The standard InChI is InChI=1S/C37H49N5O4S/c1-23-16-24(2)18-26(17-23)34-33(30(43)21-39-10-11-41(25(3)20-39)22-32(44)40-12-14-46-15-13-40)29-19-31(47-35(29)38-34)37(4,5)36(45)42-27-6-7-28(42)9-8-27/h16-19,25,27-28,38H,6-15,20-22H2,1-5H3. The number of nitrogens with one attached hydrogen (secondary N) is 1. The highest BCUT2D eigenvalue weighted by Gasteiger charge is 2.47. The summed E-state index contributed by atoms with van der Waals surface area (Å²) in [4.78, 5) is 55.5. The summed E-state index contributed by atoms with van der Waals surface area (Å²) < 4.78 is 5.41. The molecule has 252 valence electrons. The predicted molar refractivity (Wildman–Crippen MR) is 186 cm³/mol. The molecule has 0 saturated carbocycles. The van der Waals surface area contributed by atoms with Gasteiger partial charge in [-0.05, 0) is 84.1 Å². The SMILES string of the molecule is Cc1cc(C)cc(-c2[nH]c3sc(C(C)(C)C(=O)N4C5CCC4CC5)cc3c2C(=O)CN2CCN(CC(=O)N3CCOCC3)C(C)C2)c1. The van der Waals surface area contributed by atoms with Crippen LogP contribution in [0.2, 0.25) is 0 Å². The van der Waals surface area contributed by atoms with Crippen LogP contribution in [-0.2, 0) is 19.7 Å². The number of hydrogen-bond donors (Lipinski definition) is 1. The Bertz CT molecular complexity index is 1650. The third kappa shape index (κ3) is 6.18. The highest BCUT2D eigenvalue weighted by molar-refractivity contribution is 7.19. The van der Waals surface area contributed by atoms with Crippen molar-refractivity contribution in [3.63, 3.8) is 0 Å². The molecule has 0 aliphatic carbocycles. The monoisotopic (exact) mass is 659 g/mol. The molecule has 1 atom stereocenters. The Kier molecular flexibility index (Phi) is 8.83. The van der Waals surface area contributed by atoms with E-state index in [0.717, 1.165) is 88.4 Å². The van der Waals surface area contributed by atoms with Crippen LogP contribution in [0.3, 0.4) is 0 Å². The normalized spacial score (nSPS) is 24.1. The molecule has 9 nitrogen and oxygen atoms in total. The molecule has 0 spiro atoms. The van der Waals surface area contributed by atoms with Crippen molar-refractivity contribution in [1.29, 1.82) is 0 Å². The highest BCUT2D eigenvalue weighted by Crippen LogP contribution is 2.44. The lowest BCUT2D eigenvalue weighted by molar-refractivity contribution is -0.138. The molecule has 1 N–H and O–H groups in total. The molecule has 10 heteroatoms. The maximum atomic E-state index is 14.4. The number of carbonyl (C=O) groups excluding carboxylic acids is 3. The Hall–Kier alpha value is -3.05. The Balaban J connectivity index is 1.13. The van der Waals surface area contributed by atoms with E-state index < -0.39 is 5.41 Å². The molecule has 47 heavy (non-hydrogen) atoms. The number of H-pyrrole nitrogens is 1. The summed E-state index contributed by atoms with van der Waals surface area (Å²) in [6.07, 6.45) is 4.47.